The molecule has 0 fully saturated rings. The summed E-state index contributed by atoms with van der Waals surface area (Å²) in [5, 5.41) is 3.39. The lowest BCUT2D eigenvalue weighted by atomic mass is 10.2. The van der Waals surface area contributed by atoms with Gasteiger partial charge < -0.3 is 14.6 Å². The number of anilines is 1. The molecule has 1 aromatic carbocycles. The van der Waals surface area contributed by atoms with E-state index in [1.54, 1.807) is 42.7 Å². The van der Waals surface area contributed by atoms with Gasteiger partial charge in [0, 0.05) is 42.0 Å². The van der Waals surface area contributed by atoms with Gasteiger partial charge in [-0.25, -0.2) is 4.98 Å². The Kier molecular flexibility index (Phi) is 6.47. The van der Waals surface area contributed by atoms with Crippen molar-refractivity contribution in [3.63, 3.8) is 0 Å². The molecule has 0 bridgehead atoms. The van der Waals surface area contributed by atoms with E-state index >= 15 is 0 Å². The van der Waals surface area contributed by atoms with Crippen LogP contribution < -0.4 is 5.32 Å². The number of fused-ring (bicyclic) bond motifs is 1. The Morgan fingerprint density at radius 2 is 1.94 bits per heavy atom. The number of carbonyl (C=O) groups is 2. The van der Waals surface area contributed by atoms with Crippen molar-refractivity contribution in [3.05, 3.63) is 95.2 Å². The third kappa shape index (κ3) is 5.31. The fourth-order valence-corrected chi connectivity index (χ4v) is 3.53. The van der Waals surface area contributed by atoms with Crippen molar-refractivity contribution in [2.45, 2.75) is 19.9 Å². The minimum absolute atomic E-state index is 0.0929. The third-order valence-corrected chi connectivity index (χ3v) is 5.22. The summed E-state index contributed by atoms with van der Waals surface area (Å²) in [6.45, 7) is 2.15. The maximum absolute atomic E-state index is 13.2. The summed E-state index contributed by atoms with van der Waals surface area (Å²) in [5.41, 5.74) is 3.95. The fourth-order valence-electron chi connectivity index (χ4n) is 3.41. The molecule has 3 heterocycles. The van der Waals surface area contributed by atoms with Crippen LogP contribution in [0.4, 0.5) is 5.69 Å². The third-order valence-electron chi connectivity index (χ3n) is 4.97. The molecule has 1 N–H and O–H groups in total. The van der Waals surface area contributed by atoms with Gasteiger partial charge in [-0.3, -0.25) is 14.6 Å². The summed E-state index contributed by atoms with van der Waals surface area (Å²) in [7, 11) is 0. The molecule has 0 saturated heterocycles. The summed E-state index contributed by atoms with van der Waals surface area (Å²) >= 11 is 5.90. The van der Waals surface area contributed by atoms with Crippen LogP contribution in [0.3, 0.4) is 0 Å². The van der Waals surface area contributed by atoms with Gasteiger partial charge in [0.1, 0.15) is 12.2 Å². The zero-order chi connectivity index (χ0) is 22.5. The first-order valence-electron chi connectivity index (χ1n) is 10.1. The van der Waals surface area contributed by atoms with Crippen LogP contribution in [0, 0.1) is 6.92 Å². The molecule has 7 nitrogen and oxygen atoms in total. The SMILES string of the molecule is Cc1cccn2cc(CC(=O)N(CC(=O)Nc3ccc(Cl)cc3)Cc3cccnc3)nc12. The largest absolute Gasteiger partial charge is 0.329 e. The highest BCUT2D eigenvalue weighted by atomic mass is 35.5. The standard InChI is InChI=1S/C24H22ClN5O2/c1-17-4-3-11-29-15-21(28-24(17)29)12-23(32)30(14-18-5-2-10-26-13-18)16-22(31)27-20-8-6-19(25)7-9-20/h2-11,13,15H,12,14,16H2,1H3,(H,27,31). The van der Waals surface area contributed by atoms with E-state index in [0.717, 1.165) is 16.8 Å². The first kappa shape index (κ1) is 21.5. The molecule has 3 aromatic heterocycles. The van der Waals surface area contributed by atoms with Crippen molar-refractivity contribution in [2.24, 2.45) is 0 Å². The summed E-state index contributed by atoms with van der Waals surface area (Å²) in [6, 6.07) is 14.4. The number of nitrogens with one attached hydrogen (secondary N) is 1. The van der Waals surface area contributed by atoms with Gasteiger partial charge >= 0.3 is 0 Å². The molecular weight excluding hydrogens is 426 g/mol. The Balaban J connectivity index is 1.50. The van der Waals surface area contributed by atoms with E-state index in [0.29, 0.717) is 16.4 Å². The van der Waals surface area contributed by atoms with E-state index in [1.165, 1.54) is 4.90 Å². The molecule has 2 amide bonds. The smallest absolute Gasteiger partial charge is 0.244 e. The first-order chi connectivity index (χ1) is 15.5. The van der Waals surface area contributed by atoms with Crippen molar-refractivity contribution >= 4 is 34.7 Å². The lowest BCUT2D eigenvalue weighted by Gasteiger charge is -2.22. The van der Waals surface area contributed by atoms with Crippen LogP contribution >= 0.6 is 11.6 Å². The summed E-state index contributed by atoms with van der Waals surface area (Å²) < 4.78 is 1.90. The van der Waals surface area contributed by atoms with Gasteiger partial charge in [0.2, 0.25) is 11.8 Å². The van der Waals surface area contributed by atoms with Crippen LogP contribution in [0.5, 0.6) is 0 Å². The molecule has 4 rings (SSSR count). The predicted octanol–water partition coefficient (Wildman–Crippen LogP) is 3.90. The minimum Gasteiger partial charge on any atom is -0.329 e. The Bertz CT molecular complexity index is 1240. The number of amides is 2. The molecule has 162 valence electrons. The van der Waals surface area contributed by atoms with Crippen molar-refractivity contribution in [2.75, 3.05) is 11.9 Å². The number of pyridine rings is 2. The van der Waals surface area contributed by atoms with E-state index < -0.39 is 0 Å². The predicted molar refractivity (Wildman–Crippen MR) is 123 cm³/mol. The Hall–Kier alpha value is -3.71. The molecule has 8 heteroatoms. The number of hydrogen-bond acceptors (Lipinski definition) is 4. The molecule has 0 unspecified atom stereocenters. The highest BCUT2D eigenvalue weighted by Crippen LogP contribution is 2.15. The zero-order valence-corrected chi connectivity index (χ0v) is 18.3. The number of benzene rings is 1. The van der Waals surface area contributed by atoms with Gasteiger partial charge in [-0.1, -0.05) is 23.7 Å². The van der Waals surface area contributed by atoms with E-state index in [2.05, 4.69) is 15.3 Å². The van der Waals surface area contributed by atoms with Crippen molar-refractivity contribution in [1.29, 1.82) is 0 Å². The van der Waals surface area contributed by atoms with E-state index in [9.17, 15) is 9.59 Å². The normalized spacial score (nSPS) is 10.8. The first-order valence-corrected chi connectivity index (χ1v) is 10.5. The Morgan fingerprint density at radius 1 is 1.12 bits per heavy atom. The quantitative estimate of drug-likeness (QED) is 0.466. The monoisotopic (exact) mass is 447 g/mol. The molecule has 0 radical (unpaired) electrons. The maximum Gasteiger partial charge on any atom is 0.244 e. The van der Waals surface area contributed by atoms with Crippen molar-refractivity contribution in [1.82, 2.24) is 19.3 Å². The number of aryl methyl sites for hydroxylation is 1. The zero-order valence-electron chi connectivity index (χ0n) is 17.5. The number of aromatic nitrogens is 3. The molecule has 0 aliphatic heterocycles. The van der Waals surface area contributed by atoms with Gasteiger partial charge in [0.15, 0.2) is 0 Å². The van der Waals surface area contributed by atoms with E-state index in [1.807, 2.05) is 41.9 Å². The van der Waals surface area contributed by atoms with Gasteiger partial charge in [-0.15, -0.1) is 0 Å². The number of rotatable bonds is 7. The second-order valence-corrected chi connectivity index (χ2v) is 7.93. The molecule has 32 heavy (non-hydrogen) atoms. The van der Waals surface area contributed by atoms with Gasteiger partial charge in [0.05, 0.1) is 12.1 Å². The van der Waals surface area contributed by atoms with Crippen molar-refractivity contribution < 1.29 is 9.59 Å². The maximum atomic E-state index is 13.2. The number of hydrogen-bond donors (Lipinski definition) is 1. The molecule has 0 spiro atoms. The van der Waals surface area contributed by atoms with Crippen LogP contribution in [0.2, 0.25) is 5.02 Å². The summed E-state index contributed by atoms with van der Waals surface area (Å²) in [4.78, 5) is 36.0. The molecule has 0 saturated carbocycles. The second-order valence-electron chi connectivity index (χ2n) is 7.50. The van der Waals surface area contributed by atoms with Crippen LogP contribution in [-0.2, 0) is 22.6 Å². The van der Waals surface area contributed by atoms with Gasteiger partial charge in [0.25, 0.3) is 0 Å². The Labute approximate surface area is 190 Å². The van der Waals surface area contributed by atoms with Crippen LogP contribution in [0.1, 0.15) is 16.8 Å². The number of carbonyl (C=O) groups excluding carboxylic acids is 2. The summed E-state index contributed by atoms with van der Waals surface area (Å²) in [5.74, 6) is -0.489. The molecule has 4 aromatic rings. The van der Waals surface area contributed by atoms with Gasteiger partial charge in [-0.05, 0) is 54.4 Å². The number of halogens is 1. The number of imidazole rings is 1. The lowest BCUT2D eigenvalue weighted by molar-refractivity contribution is -0.134. The molecule has 0 aliphatic carbocycles. The topological polar surface area (TPSA) is 79.6 Å². The van der Waals surface area contributed by atoms with E-state index in [-0.39, 0.29) is 31.3 Å². The average molecular weight is 448 g/mol. The molecule has 0 aliphatic rings. The lowest BCUT2D eigenvalue weighted by Crippen LogP contribution is -2.38. The van der Waals surface area contributed by atoms with E-state index in [4.69, 9.17) is 11.6 Å². The minimum atomic E-state index is -0.296. The molecular formula is C24H22ClN5O2. The second kappa shape index (κ2) is 9.62. The molecule has 0 atom stereocenters. The van der Waals surface area contributed by atoms with Crippen LogP contribution in [0.25, 0.3) is 5.65 Å². The Morgan fingerprint density at radius 3 is 2.66 bits per heavy atom. The van der Waals surface area contributed by atoms with Crippen molar-refractivity contribution in [3.8, 4) is 0 Å². The average Bonchev–Trinajstić information content (AvgIpc) is 3.19. The number of nitrogens with zero attached hydrogens (tertiary/aromatic N) is 4. The highest BCUT2D eigenvalue weighted by molar-refractivity contribution is 6.30. The summed E-state index contributed by atoms with van der Waals surface area (Å²) in [6.07, 6.45) is 7.19. The fraction of sp³-hybridized carbons (Fsp3) is 0.167. The van der Waals surface area contributed by atoms with Crippen LogP contribution in [0.15, 0.2) is 73.3 Å². The van der Waals surface area contributed by atoms with Crippen LogP contribution in [-0.4, -0.2) is 37.6 Å². The van der Waals surface area contributed by atoms with Gasteiger partial charge in [-0.2, -0.15) is 0 Å². The highest BCUT2D eigenvalue weighted by Gasteiger charge is 2.20.